The van der Waals surface area contributed by atoms with Gasteiger partial charge in [-0.15, -0.1) is 0 Å². The molecule has 0 saturated carbocycles. The van der Waals surface area contributed by atoms with Crippen molar-refractivity contribution in [2.45, 2.75) is 13.5 Å². The predicted octanol–water partition coefficient (Wildman–Crippen LogP) is 3.44. The molecule has 0 aliphatic carbocycles. The Bertz CT molecular complexity index is 1090. The minimum atomic E-state index is -0.726. The number of hydrogen-bond acceptors (Lipinski definition) is 8. The number of ether oxygens (including phenoxy) is 2. The summed E-state index contributed by atoms with van der Waals surface area (Å²) in [5.41, 5.74) is 0.447. The molecule has 0 fully saturated rings. The number of nitro benzene ring substituents is 2. The lowest BCUT2D eigenvalue weighted by Gasteiger charge is -2.06. The molecule has 0 atom stereocenters. The lowest BCUT2D eigenvalue weighted by molar-refractivity contribution is -0.385. The summed E-state index contributed by atoms with van der Waals surface area (Å²) in [7, 11) is 0. The average molecular weight is 412 g/mol. The molecular formula is C19H16N4O7. The maximum absolute atomic E-state index is 12.3. The maximum atomic E-state index is 12.3. The van der Waals surface area contributed by atoms with Crippen LogP contribution >= 0.6 is 0 Å². The molecule has 1 heterocycles. The van der Waals surface area contributed by atoms with Crippen molar-refractivity contribution in [1.29, 1.82) is 0 Å². The van der Waals surface area contributed by atoms with Crippen LogP contribution in [-0.2, 0) is 11.3 Å². The molecule has 30 heavy (non-hydrogen) atoms. The van der Waals surface area contributed by atoms with Crippen molar-refractivity contribution in [2.75, 3.05) is 6.61 Å². The fraction of sp³-hybridized carbons (Fsp3) is 0.158. The average Bonchev–Trinajstić information content (AvgIpc) is 3.17. The van der Waals surface area contributed by atoms with E-state index in [9.17, 15) is 25.0 Å². The molecule has 2 aromatic carbocycles. The van der Waals surface area contributed by atoms with Gasteiger partial charge in [0.05, 0.1) is 33.9 Å². The minimum Gasteiger partial charge on any atom is -0.484 e. The van der Waals surface area contributed by atoms with Crippen LogP contribution in [0.3, 0.4) is 0 Å². The molecule has 3 rings (SSSR count). The summed E-state index contributed by atoms with van der Waals surface area (Å²) < 4.78 is 11.9. The molecule has 11 heteroatoms. The molecule has 3 aromatic rings. The summed E-state index contributed by atoms with van der Waals surface area (Å²) in [6, 6.07) is 11.6. The highest BCUT2D eigenvalue weighted by Crippen LogP contribution is 2.25. The SMILES string of the molecule is CCOC(=O)c1nn(-c2ccc([N+](=O)[O-])cc2)cc1OCc1ccccc1[N+](=O)[O-]. The van der Waals surface area contributed by atoms with Crippen LogP contribution in [0.4, 0.5) is 11.4 Å². The van der Waals surface area contributed by atoms with E-state index < -0.39 is 15.8 Å². The summed E-state index contributed by atoms with van der Waals surface area (Å²) in [5, 5.41) is 26.1. The number of carbonyl (C=O) groups excluding carboxylic acids is 1. The van der Waals surface area contributed by atoms with Gasteiger partial charge in [-0.2, -0.15) is 5.10 Å². The Morgan fingerprint density at radius 3 is 2.40 bits per heavy atom. The molecule has 0 spiro atoms. The van der Waals surface area contributed by atoms with Gasteiger partial charge >= 0.3 is 5.97 Å². The zero-order chi connectivity index (χ0) is 21.7. The number of nitro groups is 2. The zero-order valence-electron chi connectivity index (χ0n) is 15.8. The predicted molar refractivity (Wildman–Crippen MR) is 104 cm³/mol. The third kappa shape index (κ3) is 4.41. The number of carbonyl (C=O) groups is 1. The van der Waals surface area contributed by atoms with Crippen LogP contribution in [0, 0.1) is 20.2 Å². The smallest absolute Gasteiger partial charge is 0.362 e. The second-order valence-electron chi connectivity index (χ2n) is 5.96. The van der Waals surface area contributed by atoms with Crippen LogP contribution in [0.2, 0.25) is 0 Å². The fourth-order valence-corrected chi connectivity index (χ4v) is 2.63. The molecule has 154 valence electrons. The van der Waals surface area contributed by atoms with Crippen molar-refractivity contribution < 1.29 is 24.1 Å². The van der Waals surface area contributed by atoms with E-state index in [1.54, 1.807) is 19.1 Å². The molecule has 0 saturated heterocycles. The number of hydrogen-bond donors (Lipinski definition) is 0. The minimum absolute atomic E-state index is 0.0601. The topological polar surface area (TPSA) is 140 Å². The van der Waals surface area contributed by atoms with Gasteiger partial charge in [0.25, 0.3) is 11.4 Å². The summed E-state index contributed by atoms with van der Waals surface area (Å²) >= 11 is 0. The summed E-state index contributed by atoms with van der Waals surface area (Å²) in [4.78, 5) is 33.2. The van der Waals surface area contributed by atoms with E-state index in [-0.39, 0.29) is 36.0 Å². The van der Waals surface area contributed by atoms with Crippen LogP contribution in [-0.4, -0.2) is 32.2 Å². The van der Waals surface area contributed by atoms with Gasteiger partial charge < -0.3 is 9.47 Å². The van der Waals surface area contributed by atoms with E-state index in [0.717, 1.165) is 0 Å². The van der Waals surface area contributed by atoms with Gasteiger partial charge in [-0.1, -0.05) is 12.1 Å². The Labute approximate surface area is 169 Å². The Balaban J connectivity index is 1.92. The Hall–Kier alpha value is -4.28. The van der Waals surface area contributed by atoms with Gasteiger partial charge in [0.1, 0.15) is 6.61 Å². The Kier molecular flexibility index (Phi) is 6.01. The monoisotopic (exact) mass is 412 g/mol. The van der Waals surface area contributed by atoms with E-state index in [1.165, 1.54) is 47.3 Å². The van der Waals surface area contributed by atoms with Gasteiger partial charge in [-0.05, 0) is 25.1 Å². The first-order valence-corrected chi connectivity index (χ1v) is 8.77. The molecule has 0 amide bonds. The number of esters is 1. The quantitative estimate of drug-likeness (QED) is 0.311. The van der Waals surface area contributed by atoms with Crippen LogP contribution in [0.1, 0.15) is 23.0 Å². The number of rotatable bonds is 8. The van der Waals surface area contributed by atoms with Crippen molar-refractivity contribution in [1.82, 2.24) is 9.78 Å². The molecule has 0 unspecified atom stereocenters. The van der Waals surface area contributed by atoms with Crippen molar-refractivity contribution >= 4 is 17.3 Å². The fourth-order valence-electron chi connectivity index (χ4n) is 2.63. The van der Waals surface area contributed by atoms with Crippen LogP contribution in [0.5, 0.6) is 5.75 Å². The molecule has 11 nitrogen and oxygen atoms in total. The summed E-state index contributed by atoms with van der Waals surface area (Å²) in [6.45, 7) is 1.58. The van der Waals surface area contributed by atoms with E-state index >= 15 is 0 Å². The van der Waals surface area contributed by atoms with Crippen molar-refractivity contribution in [3.63, 3.8) is 0 Å². The third-order valence-electron chi connectivity index (χ3n) is 4.05. The molecule has 1 aromatic heterocycles. The number of para-hydroxylation sites is 1. The maximum Gasteiger partial charge on any atom is 0.362 e. The number of nitrogens with zero attached hydrogens (tertiary/aromatic N) is 4. The number of aromatic nitrogens is 2. The zero-order valence-corrected chi connectivity index (χ0v) is 15.8. The van der Waals surface area contributed by atoms with Gasteiger partial charge in [0, 0.05) is 18.2 Å². The van der Waals surface area contributed by atoms with Gasteiger partial charge in [0.2, 0.25) is 5.69 Å². The second-order valence-corrected chi connectivity index (χ2v) is 5.96. The Morgan fingerprint density at radius 1 is 1.07 bits per heavy atom. The van der Waals surface area contributed by atoms with E-state index in [4.69, 9.17) is 9.47 Å². The van der Waals surface area contributed by atoms with Crippen molar-refractivity contribution in [3.8, 4) is 11.4 Å². The highest BCUT2D eigenvalue weighted by atomic mass is 16.6. The molecule has 0 aliphatic rings. The first kappa shape index (κ1) is 20.5. The first-order chi connectivity index (χ1) is 14.4. The van der Waals surface area contributed by atoms with Gasteiger partial charge in [0.15, 0.2) is 5.75 Å². The first-order valence-electron chi connectivity index (χ1n) is 8.77. The van der Waals surface area contributed by atoms with E-state index in [0.29, 0.717) is 11.3 Å². The van der Waals surface area contributed by atoms with Gasteiger partial charge in [-0.25, -0.2) is 9.48 Å². The molecule has 0 N–H and O–H groups in total. The summed E-state index contributed by atoms with van der Waals surface area (Å²) in [6.07, 6.45) is 1.40. The molecule has 0 aliphatic heterocycles. The van der Waals surface area contributed by atoms with E-state index in [1.807, 2.05) is 0 Å². The van der Waals surface area contributed by atoms with Crippen molar-refractivity contribution in [3.05, 3.63) is 86.2 Å². The van der Waals surface area contributed by atoms with Crippen LogP contribution in [0.15, 0.2) is 54.7 Å². The normalized spacial score (nSPS) is 10.4. The number of benzene rings is 2. The second kappa shape index (κ2) is 8.82. The number of non-ortho nitro benzene ring substituents is 1. The van der Waals surface area contributed by atoms with Crippen LogP contribution < -0.4 is 4.74 Å². The lowest BCUT2D eigenvalue weighted by Crippen LogP contribution is -2.09. The van der Waals surface area contributed by atoms with Crippen molar-refractivity contribution in [2.24, 2.45) is 0 Å². The Morgan fingerprint density at radius 2 is 1.77 bits per heavy atom. The standard InChI is InChI=1S/C19H16N4O7/c1-2-29-19(24)18-17(30-12-13-5-3-4-6-16(13)23(27)28)11-21(20-18)14-7-9-15(10-8-14)22(25)26/h3-11H,2,12H2,1H3. The van der Waals surface area contributed by atoms with Crippen LogP contribution in [0.25, 0.3) is 5.69 Å². The molecular weight excluding hydrogens is 396 g/mol. The summed E-state index contributed by atoms with van der Waals surface area (Å²) in [5.74, 6) is -0.666. The third-order valence-corrected chi connectivity index (χ3v) is 4.05. The van der Waals surface area contributed by atoms with E-state index in [2.05, 4.69) is 5.10 Å². The lowest BCUT2D eigenvalue weighted by atomic mass is 10.2. The highest BCUT2D eigenvalue weighted by molar-refractivity contribution is 5.90. The highest BCUT2D eigenvalue weighted by Gasteiger charge is 2.22. The largest absolute Gasteiger partial charge is 0.484 e. The molecule has 0 radical (unpaired) electrons. The van der Waals surface area contributed by atoms with Gasteiger partial charge in [-0.3, -0.25) is 20.2 Å². The molecule has 0 bridgehead atoms.